The van der Waals surface area contributed by atoms with Gasteiger partial charge in [0.25, 0.3) is 5.91 Å². The van der Waals surface area contributed by atoms with Crippen molar-refractivity contribution in [3.8, 4) is 17.2 Å². The zero-order valence-electron chi connectivity index (χ0n) is 10.5. The lowest BCUT2D eigenvalue weighted by molar-refractivity contribution is -0.120. The van der Waals surface area contributed by atoms with Gasteiger partial charge in [-0.15, -0.1) is 0 Å². The Bertz CT molecular complexity index is 570. The number of rotatable bonds is 2. The Kier molecular flexibility index (Phi) is 2.66. The smallest absolute Gasteiger partial charge is 0.253 e. The minimum atomic E-state index is -0.512. The molecule has 2 heterocycles. The molecule has 2 N–H and O–H groups in total. The Morgan fingerprint density at radius 2 is 2.26 bits per heavy atom. The van der Waals surface area contributed by atoms with E-state index in [-0.39, 0.29) is 12.7 Å². The number of nitrogens with zero attached hydrogens (tertiary/aromatic N) is 1. The van der Waals surface area contributed by atoms with Crippen molar-refractivity contribution >= 4 is 11.9 Å². The highest BCUT2D eigenvalue weighted by Gasteiger charge is 2.32. The van der Waals surface area contributed by atoms with Crippen LogP contribution in [0.3, 0.4) is 0 Å². The van der Waals surface area contributed by atoms with E-state index < -0.39 is 6.04 Å². The normalized spacial score (nSPS) is 22.3. The maximum Gasteiger partial charge on any atom is 0.253 e. The van der Waals surface area contributed by atoms with Crippen LogP contribution in [-0.4, -0.2) is 32.8 Å². The average Bonchev–Trinajstić information content (AvgIpc) is 3.03. The lowest BCUT2D eigenvalue weighted by atomic mass is 10.1. The third-order valence-electron chi connectivity index (χ3n) is 3.02. The molecular weight excluding hydrogens is 250 g/mol. The van der Waals surface area contributed by atoms with Crippen LogP contribution in [0.5, 0.6) is 17.2 Å². The topological polar surface area (TPSA) is 81.2 Å². The standard InChI is InChI=1S/C12H13N3O4/c1-13-12-14-9(11(16)15-12)6-3-7(17-2)10-8(4-6)18-5-19-10/h3-4,9H,5H2,1-2H3,(H2,13,14,15,16). The second kappa shape index (κ2) is 4.34. The van der Waals surface area contributed by atoms with Crippen molar-refractivity contribution in [2.24, 2.45) is 4.99 Å². The van der Waals surface area contributed by atoms with Gasteiger partial charge in [0.15, 0.2) is 17.5 Å². The molecule has 1 aromatic carbocycles. The average molecular weight is 263 g/mol. The number of hydrogen-bond acceptors (Lipinski definition) is 5. The Morgan fingerprint density at radius 1 is 1.42 bits per heavy atom. The summed E-state index contributed by atoms with van der Waals surface area (Å²) in [6.45, 7) is 0.154. The van der Waals surface area contributed by atoms with Crippen LogP contribution in [0.15, 0.2) is 17.1 Å². The highest BCUT2D eigenvalue weighted by atomic mass is 16.7. The Morgan fingerprint density at radius 3 is 2.95 bits per heavy atom. The number of methoxy groups -OCH3 is 1. The van der Waals surface area contributed by atoms with E-state index in [1.54, 1.807) is 26.3 Å². The molecule has 100 valence electrons. The third-order valence-corrected chi connectivity index (χ3v) is 3.02. The molecule has 3 rings (SSSR count). The van der Waals surface area contributed by atoms with Crippen molar-refractivity contribution in [3.63, 3.8) is 0 Å². The highest BCUT2D eigenvalue weighted by molar-refractivity contribution is 6.06. The Labute approximate surface area is 109 Å². The number of hydrogen-bond donors (Lipinski definition) is 2. The molecule has 1 aromatic rings. The lowest BCUT2D eigenvalue weighted by Crippen LogP contribution is -2.24. The molecule has 0 radical (unpaired) electrons. The zero-order valence-corrected chi connectivity index (χ0v) is 10.5. The third kappa shape index (κ3) is 1.83. The van der Waals surface area contributed by atoms with Crippen molar-refractivity contribution in [2.45, 2.75) is 6.04 Å². The van der Waals surface area contributed by atoms with Crippen molar-refractivity contribution in [1.82, 2.24) is 10.6 Å². The van der Waals surface area contributed by atoms with Crippen molar-refractivity contribution in [3.05, 3.63) is 17.7 Å². The molecule has 1 unspecified atom stereocenters. The van der Waals surface area contributed by atoms with E-state index in [9.17, 15) is 4.79 Å². The summed E-state index contributed by atoms with van der Waals surface area (Å²) in [5.74, 6) is 1.97. The number of amides is 1. The number of fused-ring (bicyclic) bond motifs is 1. The zero-order chi connectivity index (χ0) is 13.4. The van der Waals surface area contributed by atoms with Crippen molar-refractivity contribution in [1.29, 1.82) is 0 Å². The van der Waals surface area contributed by atoms with Gasteiger partial charge in [-0.05, 0) is 17.7 Å². The molecule has 0 aromatic heterocycles. The van der Waals surface area contributed by atoms with Gasteiger partial charge >= 0.3 is 0 Å². The fraction of sp³-hybridized carbons (Fsp3) is 0.333. The molecule has 7 heteroatoms. The van der Waals surface area contributed by atoms with Crippen LogP contribution in [0.4, 0.5) is 0 Å². The van der Waals surface area contributed by atoms with E-state index in [1.165, 1.54) is 0 Å². The van der Waals surface area contributed by atoms with Gasteiger partial charge in [0.05, 0.1) is 7.11 Å². The quantitative estimate of drug-likeness (QED) is 0.795. The summed E-state index contributed by atoms with van der Waals surface area (Å²) in [5, 5.41) is 5.63. The SMILES string of the molecule is CN=C1NC(=O)C(c2cc(OC)c3c(c2)OCO3)N1. The maximum absolute atomic E-state index is 11.9. The van der Waals surface area contributed by atoms with Crippen LogP contribution < -0.4 is 24.8 Å². The lowest BCUT2D eigenvalue weighted by Gasteiger charge is -2.11. The molecular formula is C12H13N3O4. The summed E-state index contributed by atoms with van der Waals surface area (Å²) in [4.78, 5) is 15.8. The fourth-order valence-electron chi connectivity index (χ4n) is 2.10. The van der Waals surface area contributed by atoms with Crippen molar-refractivity contribution < 1.29 is 19.0 Å². The molecule has 7 nitrogen and oxygen atoms in total. The first-order valence-electron chi connectivity index (χ1n) is 5.74. The Hall–Kier alpha value is -2.44. The molecule has 2 aliphatic heterocycles. The van der Waals surface area contributed by atoms with Gasteiger partial charge < -0.3 is 19.5 Å². The van der Waals surface area contributed by atoms with Crippen LogP contribution in [0, 0.1) is 0 Å². The summed E-state index contributed by atoms with van der Waals surface area (Å²) in [6, 6.07) is 3.01. The first kappa shape index (κ1) is 11.6. The number of guanidine groups is 1. The molecule has 19 heavy (non-hydrogen) atoms. The van der Waals surface area contributed by atoms with Crippen molar-refractivity contribution in [2.75, 3.05) is 21.0 Å². The first-order valence-corrected chi connectivity index (χ1v) is 5.74. The molecule has 0 saturated carbocycles. The second-order valence-corrected chi connectivity index (χ2v) is 4.10. The number of carbonyl (C=O) groups excluding carboxylic acids is 1. The predicted molar refractivity (Wildman–Crippen MR) is 66.5 cm³/mol. The van der Waals surface area contributed by atoms with Crippen LogP contribution in [0.2, 0.25) is 0 Å². The van der Waals surface area contributed by atoms with Gasteiger partial charge in [0.1, 0.15) is 6.04 Å². The number of nitrogens with one attached hydrogen (secondary N) is 2. The minimum Gasteiger partial charge on any atom is -0.493 e. The maximum atomic E-state index is 11.9. The molecule has 1 saturated heterocycles. The van der Waals surface area contributed by atoms with E-state index in [4.69, 9.17) is 14.2 Å². The number of carbonyl (C=O) groups is 1. The van der Waals surface area contributed by atoms with E-state index in [0.29, 0.717) is 23.2 Å². The molecule has 1 amide bonds. The molecule has 1 fully saturated rings. The minimum absolute atomic E-state index is 0.154. The largest absolute Gasteiger partial charge is 0.493 e. The van der Waals surface area contributed by atoms with Gasteiger partial charge in [0, 0.05) is 7.05 Å². The highest BCUT2D eigenvalue weighted by Crippen LogP contribution is 2.43. The van der Waals surface area contributed by atoms with E-state index in [0.717, 1.165) is 5.56 Å². The monoisotopic (exact) mass is 263 g/mol. The molecule has 0 spiro atoms. The summed E-state index contributed by atoms with van der Waals surface area (Å²) in [6.07, 6.45) is 0. The van der Waals surface area contributed by atoms with Crippen LogP contribution in [-0.2, 0) is 4.79 Å². The van der Waals surface area contributed by atoms with Crippen LogP contribution in [0.25, 0.3) is 0 Å². The molecule has 1 atom stereocenters. The van der Waals surface area contributed by atoms with Gasteiger partial charge in [0.2, 0.25) is 12.5 Å². The summed E-state index contributed by atoms with van der Waals surface area (Å²) < 4.78 is 15.9. The van der Waals surface area contributed by atoms with Gasteiger partial charge in [-0.25, -0.2) is 0 Å². The number of ether oxygens (including phenoxy) is 3. The first-order chi connectivity index (χ1) is 9.22. The van der Waals surface area contributed by atoms with E-state index in [1.807, 2.05) is 0 Å². The van der Waals surface area contributed by atoms with Gasteiger partial charge in [-0.1, -0.05) is 0 Å². The van der Waals surface area contributed by atoms with Crippen LogP contribution >= 0.6 is 0 Å². The van der Waals surface area contributed by atoms with E-state index in [2.05, 4.69) is 15.6 Å². The fourth-order valence-corrected chi connectivity index (χ4v) is 2.10. The molecule has 0 bridgehead atoms. The summed E-state index contributed by atoms with van der Waals surface area (Å²) in [7, 11) is 3.15. The van der Waals surface area contributed by atoms with Gasteiger partial charge in [-0.2, -0.15) is 0 Å². The molecule has 0 aliphatic carbocycles. The summed E-state index contributed by atoms with van der Waals surface area (Å²) in [5.41, 5.74) is 0.734. The Balaban J connectivity index is 2.00. The predicted octanol–water partition coefficient (Wildman–Crippen LogP) is 0.170. The van der Waals surface area contributed by atoms with E-state index >= 15 is 0 Å². The van der Waals surface area contributed by atoms with Crippen LogP contribution in [0.1, 0.15) is 11.6 Å². The second-order valence-electron chi connectivity index (χ2n) is 4.10. The van der Waals surface area contributed by atoms with Gasteiger partial charge in [-0.3, -0.25) is 15.1 Å². The number of aliphatic imine (C=N–C) groups is 1. The summed E-state index contributed by atoms with van der Waals surface area (Å²) >= 11 is 0. The molecule has 2 aliphatic rings. The number of benzene rings is 1.